The summed E-state index contributed by atoms with van der Waals surface area (Å²) in [6, 6.07) is -30.3. The van der Waals surface area contributed by atoms with E-state index in [9.17, 15) is 157 Å². The lowest BCUT2D eigenvalue weighted by Crippen LogP contribution is -2.62. The van der Waals surface area contributed by atoms with E-state index in [2.05, 4.69) is 63.5 Å². The molecule has 0 aliphatic carbocycles. The Labute approximate surface area is 742 Å². The van der Waals surface area contributed by atoms with Crippen LogP contribution in [0.4, 0.5) is 0 Å². The quantitative estimate of drug-likeness (QED) is 0.0153. The Morgan fingerprint density at radius 3 is 1.15 bits per heavy atom. The maximum absolute atomic E-state index is 14.3. The Morgan fingerprint density at radius 2 is 0.731 bits per heavy atom. The van der Waals surface area contributed by atoms with E-state index in [1.54, 1.807) is 20.8 Å². The second kappa shape index (κ2) is 57.9. The van der Waals surface area contributed by atoms with Crippen molar-refractivity contribution < 1.29 is 167 Å². The van der Waals surface area contributed by atoms with Gasteiger partial charge in [0, 0.05) is 13.1 Å². The highest BCUT2D eigenvalue weighted by Gasteiger charge is 2.43. The number of nitrogens with two attached hydrogens (primary N) is 3. The van der Waals surface area contributed by atoms with Gasteiger partial charge in [-0.05, 0) is 78.6 Å². The van der Waals surface area contributed by atoms with E-state index in [1.165, 1.54) is 20.8 Å². The maximum atomic E-state index is 14.3. The number of aliphatic hydroxyl groups excluding tert-OH is 9. The summed E-state index contributed by atoms with van der Waals surface area (Å²) < 4.78 is 0. The van der Waals surface area contributed by atoms with Gasteiger partial charge < -0.3 is 179 Å². The number of carbonyl (C=O) groups excluding carboxylic acids is 19. The summed E-state index contributed by atoms with van der Waals surface area (Å²) in [4.78, 5) is 295. The zero-order chi connectivity index (χ0) is 99.4. The van der Waals surface area contributed by atoms with Crippen LogP contribution >= 0.6 is 0 Å². The molecular formula is C73H123N23O34. The molecule has 0 spiro atoms. The number of rotatable bonds is 59. The number of aliphatic carboxylic acids is 3. The first-order valence-corrected chi connectivity index (χ1v) is 40.6. The van der Waals surface area contributed by atoms with Crippen molar-refractivity contribution in [3.8, 4) is 0 Å². The first-order chi connectivity index (χ1) is 60.8. The molecule has 0 unspecified atom stereocenters. The molecule has 0 aromatic heterocycles. The number of carboxylic acids is 3. The van der Waals surface area contributed by atoms with Gasteiger partial charge in [0.1, 0.15) is 96.7 Å². The van der Waals surface area contributed by atoms with Crippen LogP contribution in [0.25, 0.3) is 0 Å². The molecule has 0 bridgehead atoms. The molecule has 1 aliphatic heterocycles. The summed E-state index contributed by atoms with van der Waals surface area (Å²) >= 11 is 0. The fraction of sp³-hybridized carbons (Fsp3) is 0.685. The highest BCUT2D eigenvalue weighted by Crippen LogP contribution is 2.21. The molecular weight excluding hydrogens is 1740 g/mol. The topological polar surface area (TPSA) is 929 Å². The van der Waals surface area contributed by atoms with Gasteiger partial charge >= 0.3 is 17.9 Å². The van der Waals surface area contributed by atoms with Crippen molar-refractivity contribution in [3.63, 3.8) is 0 Å². The van der Waals surface area contributed by atoms with Gasteiger partial charge in [0.05, 0.1) is 96.5 Å². The van der Waals surface area contributed by atoms with Crippen LogP contribution in [0.15, 0.2) is 4.99 Å². The van der Waals surface area contributed by atoms with Crippen molar-refractivity contribution in [2.24, 2.45) is 34.0 Å². The molecule has 0 aromatic carbocycles. The van der Waals surface area contributed by atoms with Gasteiger partial charge in [0.2, 0.25) is 112 Å². The molecule has 1 rings (SSSR count). The fourth-order valence-electron chi connectivity index (χ4n) is 11.7. The van der Waals surface area contributed by atoms with Crippen molar-refractivity contribution in [2.75, 3.05) is 72.4 Å². The summed E-state index contributed by atoms with van der Waals surface area (Å²) in [5.41, 5.74) is 16.4. The number of nitrogens with one attached hydrogen (secondary N) is 18. The van der Waals surface area contributed by atoms with E-state index in [0.717, 1.165) is 25.7 Å². The van der Waals surface area contributed by atoms with Crippen molar-refractivity contribution in [1.29, 1.82) is 0 Å². The van der Waals surface area contributed by atoms with Gasteiger partial charge in [-0.15, -0.1) is 0 Å². The average molecular weight is 1870 g/mol. The van der Waals surface area contributed by atoms with Crippen LogP contribution < -0.4 is 113 Å². The van der Waals surface area contributed by atoms with Crippen molar-refractivity contribution in [3.05, 3.63) is 0 Å². The Morgan fingerprint density at radius 1 is 0.385 bits per heavy atom. The van der Waals surface area contributed by atoms with Crippen LogP contribution in [0, 0.1) is 11.8 Å². The number of hydrogen-bond acceptors (Lipinski definition) is 33. The summed E-state index contributed by atoms with van der Waals surface area (Å²) in [7, 11) is 0. The molecule has 21 atom stereocenters. The monoisotopic (exact) mass is 1870 g/mol. The molecule has 1 heterocycles. The van der Waals surface area contributed by atoms with E-state index in [4.69, 9.17) is 27.4 Å². The van der Waals surface area contributed by atoms with Gasteiger partial charge in [-0.1, -0.05) is 34.1 Å². The number of aliphatic hydroxyl groups is 9. The predicted octanol–water partition coefficient (Wildman–Crippen LogP) is -18.8. The van der Waals surface area contributed by atoms with Crippen molar-refractivity contribution >= 4 is 136 Å². The lowest BCUT2D eigenvalue weighted by Gasteiger charge is -2.30. The molecule has 57 nitrogen and oxygen atoms in total. The second-order valence-corrected chi connectivity index (χ2v) is 30.4. The van der Waals surface area contributed by atoms with Crippen LogP contribution in [-0.4, -0.2) is 396 Å². The molecule has 0 radical (unpaired) electrons. The van der Waals surface area contributed by atoms with Crippen LogP contribution in [0.1, 0.15) is 114 Å². The number of likely N-dealkylation sites (tertiary alicyclic amines) is 1. The number of aliphatic imine (C=N–C) groups is 1. The molecule has 1 saturated heterocycles. The SMILES string of the molecule is CC[C@H](C)[C@H](NC(=O)[C@H](CCCN=C(N)N)NC(=O)[C@H](CO)NC(=O)[C@@H]1CCCN1C(=O)[C@H](CC(=O)O)NC(=O)CNC(=O)[C@@H](NC(=O)[C@H](CC(=O)O)NC(=O)[C@H](CC(C)C)NC(=O)[C@@H](NC(=O)[C@H](CO)NC(=O)[C@H](C)NC(=O)[C@H](C)N)[C@@H](C)O)[C@@H](C)O)C(=O)N[C@@H](CO)C(=O)NCC(=O)N[C@@H](CO)C(=O)N[C@H](C(=O)N[C@@H](CO)C(=O)NCC(=O)N[C@@H](CO)C(=O)O)[C@@H](C)O. The molecule has 57 heteroatoms. The summed E-state index contributed by atoms with van der Waals surface area (Å²) in [6.07, 6.45) is -8.64. The minimum absolute atomic E-state index is 0.0247. The number of nitrogens with zero attached hydrogens (tertiary/aromatic N) is 2. The third kappa shape index (κ3) is 40.3. The van der Waals surface area contributed by atoms with E-state index in [-0.39, 0.29) is 51.6 Å². The normalized spacial score (nSPS) is 16.9. The first-order valence-electron chi connectivity index (χ1n) is 40.6. The Hall–Kier alpha value is -12.8. The number of guanidine groups is 1. The van der Waals surface area contributed by atoms with Gasteiger partial charge in [-0.2, -0.15) is 0 Å². The van der Waals surface area contributed by atoms with E-state index in [1.807, 2.05) is 37.2 Å². The summed E-state index contributed by atoms with van der Waals surface area (Å²) in [5.74, 6) is -29.9. The Bertz CT molecular complexity index is 3980. The second-order valence-electron chi connectivity index (χ2n) is 30.4. The van der Waals surface area contributed by atoms with Crippen LogP contribution in [0.2, 0.25) is 0 Å². The van der Waals surface area contributed by atoms with Crippen LogP contribution in [-0.2, 0) is 105 Å². The fourth-order valence-corrected chi connectivity index (χ4v) is 11.7. The summed E-state index contributed by atoms with van der Waals surface area (Å²) in [5, 5.41) is 158. The van der Waals surface area contributed by atoms with Crippen molar-refractivity contribution in [2.45, 2.75) is 235 Å². The molecule has 19 amide bonds. The van der Waals surface area contributed by atoms with Gasteiger partial charge in [0.25, 0.3) is 0 Å². The zero-order valence-corrected chi connectivity index (χ0v) is 72.6. The first kappa shape index (κ1) is 115. The number of carbonyl (C=O) groups is 22. The lowest BCUT2D eigenvalue weighted by molar-refractivity contribution is -0.146. The largest absolute Gasteiger partial charge is 0.481 e. The van der Waals surface area contributed by atoms with Gasteiger partial charge in [0.15, 0.2) is 5.96 Å². The lowest BCUT2D eigenvalue weighted by atomic mass is 9.97. The van der Waals surface area contributed by atoms with Crippen LogP contribution in [0.5, 0.6) is 0 Å². The smallest absolute Gasteiger partial charge is 0.328 e. The Balaban J connectivity index is 3.33. The third-order valence-electron chi connectivity index (χ3n) is 19.1. The van der Waals surface area contributed by atoms with E-state index >= 15 is 0 Å². The van der Waals surface area contributed by atoms with Gasteiger partial charge in [-0.25, -0.2) is 4.79 Å². The third-order valence-corrected chi connectivity index (χ3v) is 19.1. The van der Waals surface area contributed by atoms with Crippen LogP contribution in [0.3, 0.4) is 0 Å². The molecule has 130 heavy (non-hydrogen) atoms. The molecule has 1 fully saturated rings. The molecule has 734 valence electrons. The molecule has 0 saturated carbocycles. The van der Waals surface area contributed by atoms with Crippen molar-refractivity contribution in [1.82, 2.24) is 101 Å². The number of carboxylic acid groups (broad SMARTS) is 3. The summed E-state index contributed by atoms with van der Waals surface area (Å²) in [6.45, 7) is 1.28. The maximum Gasteiger partial charge on any atom is 0.328 e. The zero-order valence-electron chi connectivity index (χ0n) is 72.6. The Kier molecular flexibility index (Phi) is 51.3. The molecule has 0 aromatic rings. The standard InChI is InChI=1S/C73H123N23O34/c1-10-30(4)52(68(125)90-40(23-97)58(115)78-20-48(107)83-42(25-99)64(121)94-55(35(9)105)70(127)91-41(24-98)59(116)79-21-49(108)84-45(28-102)72(129)130)92-60(117)36(13-11-15-77-73(75)76)85-63(120)43(26-100)89-66(123)46-14-12-16-96(46)71(128)39(19-51(111)112)82-47(106)22-80-67(124)53(33(7)103)93-62(119)38(18-50(109)110)86-61(118)37(17-29(2)3)87-69(126)54(34(8)104)95-65(122)44(27-101)88-57(114)32(6)81-56(113)31(5)74/h29-46,52-55,97-105H,10-28,74H2,1-9H3,(H,78,115)(H,79,116)(H,80,124)(H,81,113)(H,82,106)(H,83,107)(H,84,108)(H,85,120)(H,86,118)(H,87,126)(H,88,114)(H,89,123)(H,90,125)(H,91,127)(H,92,117)(H,93,119)(H,94,121)(H,95,122)(H,109,110)(H,111,112)(H,129,130)(H4,75,76,77)/t30-,31-,32-,33+,34+,35+,36-,37-,38-,39-,40-,41-,42-,43-,44-,45-,46-,52-,53-,54-,55-/m0/s1. The van der Waals surface area contributed by atoms with Gasteiger partial charge in [-0.3, -0.25) is 106 Å². The molecule has 36 N–H and O–H groups in total. The highest BCUT2D eigenvalue weighted by atomic mass is 16.4. The van der Waals surface area contributed by atoms with E-state index < -0.39 is 341 Å². The highest BCUT2D eigenvalue weighted by molar-refractivity contribution is 6.02. The number of amides is 19. The average Bonchev–Trinajstić information content (AvgIpc) is 1.66. The number of hydrogen-bond donors (Lipinski definition) is 33. The van der Waals surface area contributed by atoms with E-state index in [0.29, 0.717) is 0 Å². The molecule has 1 aliphatic rings. The predicted molar refractivity (Wildman–Crippen MR) is 441 cm³/mol. The minimum atomic E-state index is -2.13. The minimum Gasteiger partial charge on any atom is -0.481 e.